The zero-order valence-corrected chi connectivity index (χ0v) is 11.3. The van der Waals surface area contributed by atoms with Gasteiger partial charge >= 0.3 is 0 Å². The maximum Gasteiger partial charge on any atom is 0.181 e. The second kappa shape index (κ2) is 4.63. The molecule has 0 aliphatic heterocycles. The SMILES string of the molecule is CCc1cccnc1-c1nc(Cl)c2ccsc2n1. The fourth-order valence-electron chi connectivity index (χ4n) is 1.85. The van der Waals surface area contributed by atoms with Gasteiger partial charge < -0.3 is 0 Å². The first-order valence-electron chi connectivity index (χ1n) is 5.64. The number of fused-ring (bicyclic) bond motifs is 1. The zero-order chi connectivity index (χ0) is 12.5. The molecule has 0 bridgehead atoms. The average Bonchev–Trinajstić information content (AvgIpc) is 2.87. The summed E-state index contributed by atoms with van der Waals surface area (Å²) < 4.78 is 0. The standard InChI is InChI=1S/C13H10ClN3S/c1-2-8-4-3-6-15-10(8)12-16-11(14)9-5-7-18-13(9)17-12/h3-7H,2H2,1H3. The van der Waals surface area contributed by atoms with Crippen LogP contribution in [0, 0.1) is 0 Å². The second-order valence-corrected chi connectivity index (χ2v) is 5.09. The Labute approximate surface area is 114 Å². The second-order valence-electron chi connectivity index (χ2n) is 3.84. The van der Waals surface area contributed by atoms with Gasteiger partial charge in [0.2, 0.25) is 0 Å². The van der Waals surface area contributed by atoms with Gasteiger partial charge in [0.05, 0.1) is 0 Å². The van der Waals surface area contributed by atoms with E-state index < -0.39 is 0 Å². The van der Waals surface area contributed by atoms with E-state index in [1.165, 1.54) is 0 Å². The van der Waals surface area contributed by atoms with E-state index in [9.17, 15) is 0 Å². The van der Waals surface area contributed by atoms with Crippen LogP contribution < -0.4 is 0 Å². The molecule has 0 aromatic carbocycles. The van der Waals surface area contributed by atoms with Crippen molar-refractivity contribution in [2.45, 2.75) is 13.3 Å². The number of thiophene rings is 1. The molecule has 0 atom stereocenters. The molecule has 3 aromatic heterocycles. The molecule has 0 aliphatic carbocycles. The number of aromatic nitrogens is 3. The lowest BCUT2D eigenvalue weighted by Gasteiger charge is -2.05. The van der Waals surface area contributed by atoms with Crippen LogP contribution in [0.5, 0.6) is 0 Å². The van der Waals surface area contributed by atoms with Crippen LogP contribution in [0.15, 0.2) is 29.8 Å². The average molecular weight is 276 g/mol. The first-order valence-corrected chi connectivity index (χ1v) is 6.90. The highest BCUT2D eigenvalue weighted by Crippen LogP contribution is 2.28. The number of halogens is 1. The molecular weight excluding hydrogens is 266 g/mol. The molecule has 5 heteroatoms. The van der Waals surface area contributed by atoms with E-state index in [2.05, 4.69) is 21.9 Å². The van der Waals surface area contributed by atoms with E-state index in [1.807, 2.05) is 23.6 Å². The molecule has 3 heterocycles. The van der Waals surface area contributed by atoms with Crippen LogP contribution in [0.25, 0.3) is 21.7 Å². The van der Waals surface area contributed by atoms with Crippen LogP contribution in [0.3, 0.4) is 0 Å². The molecule has 18 heavy (non-hydrogen) atoms. The van der Waals surface area contributed by atoms with Gasteiger partial charge in [-0.25, -0.2) is 9.97 Å². The summed E-state index contributed by atoms with van der Waals surface area (Å²) in [5, 5.41) is 3.36. The Morgan fingerprint density at radius 1 is 1.28 bits per heavy atom. The van der Waals surface area contributed by atoms with Crippen LogP contribution in [0.1, 0.15) is 12.5 Å². The fraction of sp³-hybridized carbons (Fsp3) is 0.154. The minimum absolute atomic E-state index is 0.490. The molecule has 0 fully saturated rings. The molecule has 0 saturated heterocycles. The fourth-order valence-corrected chi connectivity index (χ4v) is 2.90. The summed E-state index contributed by atoms with van der Waals surface area (Å²) in [4.78, 5) is 14.2. The van der Waals surface area contributed by atoms with Crippen molar-refractivity contribution < 1.29 is 0 Å². The Kier molecular flexibility index (Phi) is 2.97. The van der Waals surface area contributed by atoms with Gasteiger partial charge in [0, 0.05) is 11.6 Å². The maximum absolute atomic E-state index is 6.18. The molecule has 3 aromatic rings. The van der Waals surface area contributed by atoms with E-state index in [-0.39, 0.29) is 0 Å². The number of hydrogen-bond acceptors (Lipinski definition) is 4. The van der Waals surface area contributed by atoms with Crippen LogP contribution in [0.4, 0.5) is 0 Å². The van der Waals surface area contributed by atoms with Crippen molar-refractivity contribution in [2.75, 3.05) is 0 Å². The van der Waals surface area contributed by atoms with Gasteiger partial charge in [0.25, 0.3) is 0 Å². The van der Waals surface area contributed by atoms with E-state index >= 15 is 0 Å². The Morgan fingerprint density at radius 2 is 2.17 bits per heavy atom. The molecule has 0 aliphatic rings. The summed E-state index contributed by atoms with van der Waals surface area (Å²) in [6.07, 6.45) is 2.65. The summed E-state index contributed by atoms with van der Waals surface area (Å²) in [5.74, 6) is 0.604. The molecule has 0 amide bonds. The first-order chi connectivity index (χ1) is 8.79. The van der Waals surface area contributed by atoms with Crippen LogP contribution in [-0.2, 0) is 6.42 Å². The van der Waals surface area contributed by atoms with Crippen molar-refractivity contribution in [2.24, 2.45) is 0 Å². The zero-order valence-electron chi connectivity index (χ0n) is 9.72. The third kappa shape index (κ3) is 1.87. The minimum Gasteiger partial charge on any atom is -0.253 e. The molecule has 0 unspecified atom stereocenters. The molecule has 90 valence electrons. The van der Waals surface area contributed by atoms with E-state index in [4.69, 9.17) is 11.6 Å². The Bertz CT molecular complexity index is 708. The number of rotatable bonds is 2. The van der Waals surface area contributed by atoms with Crippen LogP contribution in [-0.4, -0.2) is 15.0 Å². The van der Waals surface area contributed by atoms with Gasteiger partial charge in [-0.05, 0) is 29.5 Å². The van der Waals surface area contributed by atoms with Crippen molar-refractivity contribution in [3.8, 4) is 11.5 Å². The maximum atomic E-state index is 6.18. The van der Waals surface area contributed by atoms with Crippen molar-refractivity contribution in [3.63, 3.8) is 0 Å². The predicted molar refractivity (Wildman–Crippen MR) is 75.0 cm³/mol. The lowest BCUT2D eigenvalue weighted by Crippen LogP contribution is -1.96. The lowest BCUT2D eigenvalue weighted by atomic mass is 10.1. The predicted octanol–water partition coefficient (Wildman–Crippen LogP) is 3.97. The number of pyridine rings is 1. The van der Waals surface area contributed by atoms with Gasteiger partial charge in [-0.3, -0.25) is 4.98 Å². The van der Waals surface area contributed by atoms with Crippen molar-refractivity contribution in [1.29, 1.82) is 0 Å². The van der Waals surface area contributed by atoms with E-state index in [0.29, 0.717) is 11.0 Å². The molecule has 3 nitrogen and oxygen atoms in total. The van der Waals surface area contributed by atoms with Crippen LogP contribution in [0.2, 0.25) is 5.15 Å². The smallest absolute Gasteiger partial charge is 0.181 e. The third-order valence-corrected chi connectivity index (χ3v) is 3.86. The minimum atomic E-state index is 0.490. The Balaban J connectivity index is 2.25. The molecule has 3 rings (SSSR count). The molecule has 0 radical (unpaired) electrons. The topological polar surface area (TPSA) is 38.7 Å². The molecule has 0 saturated carbocycles. The third-order valence-electron chi connectivity index (χ3n) is 2.76. The van der Waals surface area contributed by atoms with Gasteiger partial charge in [0.15, 0.2) is 5.82 Å². The summed E-state index contributed by atoms with van der Waals surface area (Å²) in [6.45, 7) is 2.09. The normalized spacial score (nSPS) is 11.0. The number of hydrogen-bond donors (Lipinski definition) is 0. The Hall–Kier alpha value is -1.52. The summed E-state index contributed by atoms with van der Waals surface area (Å²) >= 11 is 7.74. The Morgan fingerprint density at radius 3 is 3.00 bits per heavy atom. The monoisotopic (exact) mass is 275 g/mol. The quantitative estimate of drug-likeness (QED) is 0.664. The highest BCUT2D eigenvalue weighted by Gasteiger charge is 2.12. The summed E-state index contributed by atoms with van der Waals surface area (Å²) in [7, 11) is 0. The molecular formula is C13H10ClN3S. The van der Waals surface area contributed by atoms with Gasteiger partial charge in [-0.2, -0.15) is 0 Å². The first kappa shape index (κ1) is 11.6. The molecule has 0 N–H and O–H groups in total. The van der Waals surface area contributed by atoms with E-state index in [0.717, 1.165) is 27.9 Å². The van der Waals surface area contributed by atoms with Crippen molar-refractivity contribution in [1.82, 2.24) is 15.0 Å². The lowest BCUT2D eigenvalue weighted by molar-refractivity contribution is 1.08. The van der Waals surface area contributed by atoms with Gasteiger partial charge in [0.1, 0.15) is 15.7 Å². The van der Waals surface area contributed by atoms with Gasteiger partial charge in [-0.15, -0.1) is 11.3 Å². The number of nitrogens with zero attached hydrogens (tertiary/aromatic N) is 3. The van der Waals surface area contributed by atoms with Crippen LogP contribution >= 0.6 is 22.9 Å². The number of aryl methyl sites for hydroxylation is 1. The largest absolute Gasteiger partial charge is 0.253 e. The van der Waals surface area contributed by atoms with Gasteiger partial charge in [-0.1, -0.05) is 24.6 Å². The van der Waals surface area contributed by atoms with Crippen molar-refractivity contribution in [3.05, 3.63) is 40.5 Å². The summed E-state index contributed by atoms with van der Waals surface area (Å²) in [5.41, 5.74) is 1.95. The van der Waals surface area contributed by atoms with E-state index in [1.54, 1.807) is 17.5 Å². The summed E-state index contributed by atoms with van der Waals surface area (Å²) in [6, 6.07) is 5.90. The van der Waals surface area contributed by atoms with Crippen molar-refractivity contribution >= 4 is 33.2 Å². The highest BCUT2D eigenvalue weighted by molar-refractivity contribution is 7.16. The molecule has 0 spiro atoms. The highest BCUT2D eigenvalue weighted by atomic mass is 35.5.